The van der Waals surface area contributed by atoms with Crippen LogP contribution in [0.2, 0.25) is 0 Å². The number of ether oxygens (including phenoxy) is 4. The van der Waals surface area contributed by atoms with Gasteiger partial charge in [-0.3, -0.25) is 19.2 Å². The normalized spacial score (nSPS) is 45.0. The van der Waals surface area contributed by atoms with Gasteiger partial charge in [0.05, 0.1) is 0 Å². The molecule has 0 radical (unpaired) electrons. The van der Waals surface area contributed by atoms with E-state index in [9.17, 15) is 19.2 Å². The van der Waals surface area contributed by atoms with Crippen LogP contribution in [0.1, 0.15) is 86.0 Å². The fourth-order valence-electron chi connectivity index (χ4n) is 8.92. The molecular weight excluding hydrogens is 464 g/mol. The van der Waals surface area contributed by atoms with Crippen LogP contribution >= 0.6 is 0 Å². The van der Waals surface area contributed by atoms with Gasteiger partial charge in [-0.1, -0.05) is 19.4 Å². The average molecular weight is 503 g/mol. The van der Waals surface area contributed by atoms with E-state index in [2.05, 4.69) is 19.9 Å². The Morgan fingerprint density at radius 3 is 2.25 bits per heavy atom. The molecular formula is C28H38O8. The maximum Gasteiger partial charge on any atom is 0.306 e. The van der Waals surface area contributed by atoms with E-state index in [0.29, 0.717) is 25.7 Å². The van der Waals surface area contributed by atoms with Crippen LogP contribution in [-0.4, -0.2) is 47.8 Å². The number of carbonyl (C=O) groups is 4. The zero-order valence-corrected chi connectivity index (χ0v) is 22.0. The molecule has 8 nitrogen and oxygen atoms in total. The van der Waals surface area contributed by atoms with Gasteiger partial charge in [0.25, 0.3) is 0 Å². The lowest BCUT2D eigenvalue weighted by Gasteiger charge is -2.62. The highest BCUT2D eigenvalue weighted by atomic mass is 16.6. The van der Waals surface area contributed by atoms with Crippen molar-refractivity contribution < 1.29 is 38.1 Å². The second-order valence-electron chi connectivity index (χ2n) is 12.1. The molecule has 198 valence electrons. The molecule has 1 saturated heterocycles. The Bertz CT molecular complexity index is 1020. The molecule has 0 bridgehead atoms. The Hall–Kier alpha value is -2.38. The summed E-state index contributed by atoms with van der Waals surface area (Å²) in [5.74, 6) is -1.16. The Kier molecular flexibility index (Phi) is 6.03. The van der Waals surface area contributed by atoms with Crippen molar-refractivity contribution in [2.24, 2.45) is 28.6 Å². The second kappa shape index (κ2) is 8.59. The molecule has 0 aromatic carbocycles. The molecule has 0 N–H and O–H groups in total. The first-order chi connectivity index (χ1) is 16.9. The van der Waals surface area contributed by atoms with Crippen molar-refractivity contribution in [1.82, 2.24) is 0 Å². The van der Waals surface area contributed by atoms with Gasteiger partial charge in [-0.05, 0) is 55.9 Å². The summed E-state index contributed by atoms with van der Waals surface area (Å²) >= 11 is 0. The van der Waals surface area contributed by atoms with Crippen molar-refractivity contribution in [3.63, 3.8) is 0 Å². The molecule has 1 spiro atoms. The third kappa shape index (κ3) is 3.77. The number of esters is 4. The molecule has 3 unspecified atom stereocenters. The minimum atomic E-state index is -0.573. The Morgan fingerprint density at radius 2 is 1.64 bits per heavy atom. The minimum Gasteiger partial charge on any atom is -0.462 e. The largest absolute Gasteiger partial charge is 0.462 e. The van der Waals surface area contributed by atoms with Crippen molar-refractivity contribution in [3.05, 3.63) is 11.6 Å². The lowest BCUT2D eigenvalue weighted by molar-refractivity contribution is -0.209. The van der Waals surface area contributed by atoms with Crippen molar-refractivity contribution in [1.29, 1.82) is 0 Å². The van der Waals surface area contributed by atoms with Crippen LogP contribution in [0.3, 0.4) is 0 Å². The van der Waals surface area contributed by atoms with Crippen LogP contribution in [0.15, 0.2) is 11.6 Å². The number of rotatable bonds is 3. The molecule has 9 atom stereocenters. The summed E-state index contributed by atoms with van der Waals surface area (Å²) in [5, 5.41) is 0. The van der Waals surface area contributed by atoms with Crippen LogP contribution in [0, 0.1) is 28.6 Å². The summed E-state index contributed by atoms with van der Waals surface area (Å²) in [4.78, 5) is 48.6. The quantitative estimate of drug-likeness (QED) is 0.323. The van der Waals surface area contributed by atoms with E-state index in [4.69, 9.17) is 18.9 Å². The van der Waals surface area contributed by atoms with Crippen LogP contribution in [0.5, 0.6) is 0 Å². The van der Waals surface area contributed by atoms with Gasteiger partial charge in [0.1, 0.15) is 23.9 Å². The van der Waals surface area contributed by atoms with Gasteiger partial charge in [0, 0.05) is 50.9 Å². The zero-order valence-electron chi connectivity index (χ0n) is 22.0. The summed E-state index contributed by atoms with van der Waals surface area (Å²) in [7, 11) is 0. The van der Waals surface area contributed by atoms with Crippen molar-refractivity contribution in [3.8, 4) is 0 Å². The molecule has 1 aliphatic heterocycles. The number of hydrogen-bond acceptors (Lipinski definition) is 8. The third-order valence-corrected chi connectivity index (χ3v) is 10.3. The van der Waals surface area contributed by atoms with Gasteiger partial charge >= 0.3 is 23.9 Å². The van der Waals surface area contributed by atoms with Crippen LogP contribution in [0.4, 0.5) is 0 Å². The first-order valence-corrected chi connectivity index (χ1v) is 13.3. The van der Waals surface area contributed by atoms with Crippen LogP contribution in [-0.2, 0) is 38.1 Å². The van der Waals surface area contributed by atoms with Crippen molar-refractivity contribution in [2.45, 2.75) is 110 Å². The first-order valence-electron chi connectivity index (χ1n) is 13.3. The smallest absolute Gasteiger partial charge is 0.306 e. The molecule has 5 aliphatic rings. The fraction of sp³-hybridized carbons (Fsp3) is 0.786. The standard InChI is InChI=1S/C28H38O8/c1-15(29)33-19-6-9-26(4)18(12-19)13-21(34-16(2)30)24-20-7-10-28(11-8-23(32)36-28)27(20,5)14-22(25(24)26)35-17(3)31/h13,19-22,24-25H,6-12,14H2,1-5H3/t19-,20?,21-,22+,24?,25?,26-,27-,28+/m0/s1. The molecule has 0 aromatic rings. The Balaban J connectivity index is 1.61. The molecule has 36 heavy (non-hydrogen) atoms. The van der Waals surface area contributed by atoms with Crippen molar-refractivity contribution in [2.75, 3.05) is 0 Å². The van der Waals surface area contributed by atoms with Gasteiger partial charge in [-0.15, -0.1) is 0 Å². The highest BCUT2D eigenvalue weighted by molar-refractivity contribution is 5.72. The molecule has 1 heterocycles. The van der Waals surface area contributed by atoms with Gasteiger partial charge in [-0.25, -0.2) is 0 Å². The van der Waals surface area contributed by atoms with Gasteiger partial charge in [0.2, 0.25) is 0 Å². The summed E-state index contributed by atoms with van der Waals surface area (Å²) in [6.45, 7) is 8.69. The Labute approximate surface area is 212 Å². The SMILES string of the molecule is CC(=O)O[C@H]1CC[C@@]2(C)C(=C[C@H](OC(C)=O)C3C2[C@H](OC(C)=O)C[C@@]2(C)C3CC[C@@]23CCC(=O)O3)C1. The van der Waals surface area contributed by atoms with E-state index >= 15 is 0 Å². The van der Waals surface area contributed by atoms with Gasteiger partial charge < -0.3 is 18.9 Å². The number of fused-ring (bicyclic) bond motifs is 6. The molecule has 0 amide bonds. The zero-order chi connectivity index (χ0) is 26.0. The Morgan fingerprint density at radius 1 is 0.944 bits per heavy atom. The predicted octanol–water partition coefficient (Wildman–Crippen LogP) is 4.04. The third-order valence-electron chi connectivity index (χ3n) is 10.3. The summed E-state index contributed by atoms with van der Waals surface area (Å²) in [5.41, 5.74) is -0.151. The van der Waals surface area contributed by atoms with E-state index < -0.39 is 23.2 Å². The second-order valence-corrected chi connectivity index (χ2v) is 12.1. The van der Waals surface area contributed by atoms with Gasteiger partial charge in [0.15, 0.2) is 0 Å². The molecule has 4 fully saturated rings. The maximum atomic E-state index is 12.4. The lowest BCUT2D eigenvalue weighted by Crippen LogP contribution is -2.63. The number of carbonyl (C=O) groups excluding carboxylic acids is 4. The van der Waals surface area contributed by atoms with E-state index in [0.717, 1.165) is 31.3 Å². The van der Waals surface area contributed by atoms with E-state index in [1.165, 1.54) is 20.8 Å². The van der Waals surface area contributed by atoms with Crippen LogP contribution in [0.25, 0.3) is 0 Å². The first kappa shape index (κ1) is 25.3. The predicted molar refractivity (Wildman–Crippen MR) is 127 cm³/mol. The van der Waals surface area contributed by atoms with E-state index in [1.54, 1.807) is 0 Å². The maximum absolute atomic E-state index is 12.4. The summed E-state index contributed by atoms with van der Waals surface area (Å²) in [6, 6.07) is 0. The minimum absolute atomic E-state index is 0.0608. The van der Waals surface area contributed by atoms with Crippen molar-refractivity contribution >= 4 is 23.9 Å². The molecule has 3 saturated carbocycles. The highest BCUT2D eigenvalue weighted by Gasteiger charge is 2.71. The van der Waals surface area contributed by atoms with Gasteiger partial charge in [-0.2, -0.15) is 0 Å². The highest BCUT2D eigenvalue weighted by Crippen LogP contribution is 2.70. The van der Waals surface area contributed by atoms with E-state index in [-0.39, 0.29) is 53.1 Å². The number of hydrogen-bond donors (Lipinski definition) is 0. The molecule has 0 aromatic heterocycles. The molecule has 4 aliphatic carbocycles. The summed E-state index contributed by atoms with van der Waals surface area (Å²) in [6.07, 6.45) is 6.38. The molecule has 5 rings (SSSR count). The lowest BCUT2D eigenvalue weighted by atomic mass is 9.45. The van der Waals surface area contributed by atoms with Crippen LogP contribution < -0.4 is 0 Å². The summed E-state index contributed by atoms with van der Waals surface area (Å²) < 4.78 is 23.7. The molecule has 8 heteroatoms. The monoisotopic (exact) mass is 502 g/mol. The average Bonchev–Trinajstić information content (AvgIpc) is 3.27. The van der Waals surface area contributed by atoms with E-state index in [1.807, 2.05) is 0 Å². The fourth-order valence-corrected chi connectivity index (χ4v) is 8.92. The topological polar surface area (TPSA) is 105 Å².